The molecule has 0 saturated carbocycles. The predicted octanol–water partition coefficient (Wildman–Crippen LogP) is 1.93. The maximum atomic E-state index is 11.5. The Balaban J connectivity index is 1.55. The van der Waals surface area contributed by atoms with Crippen molar-refractivity contribution in [2.75, 3.05) is 19.7 Å². The number of ether oxygens (including phenoxy) is 1. The lowest BCUT2D eigenvalue weighted by Gasteiger charge is -2.15. The summed E-state index contributed by atoms with van der Waals surface area (Å²) in [4.78, 5) is 24.8. The highest BCUT2D eigenvalue weighted by Gasteiger charge is 2.19. The number of carbonyl (C=O) groups excluding carboxylic acids is 2. The van der Waals surface area contributed by atoms with E-state index >= 15 is 0 Å². The first kappa shape index (κ1) is 14.6. The van der Waals surface area contributed by atoms with Crippen LogP contribution in [-0.2, 0) is 4.79 Å². The van der Waals surface area contributed by atoms with Crippen molar-refractivity contribution < 1.29 is 14.3 Å². The van der Waals surface area contributed by atoms with E-state index in [-0.39, 0.29) is 11.7 Å². The van der Waals surface area contributed by atoms with Gasteiger partial charge in [-0.05, 0) is 31.9 Å². The maximum absolute atomic E-state index is 11.5. The van der Waals surface area contributed by atoms with Gasteiger partial charge in [-0.1, -0.05) is 0 Å². The van der Waals surface area contributed by atoms with Crippen LogP contribution in [-0.4, -0.2) is 45.9 Å². The molecule has 0 aliphatic carbocycles. The standard InChI is InChI=1S/C16H19N3O3/c1-12(20)14-10-17-19-11-13(5-6-15(14)19)22-9-3-8-18-7-2-4-16(18)21/h5-6,10-11H,2-4,7-9H2,1H3. The van der Waals surface area contributed by atoms with Crippen LogP contribution in [0.2, 0.25) is 0 Å². The summed E-state index contributed by atoms with van der Waals surface area (Å²) in [6.07, 6.45) is 5.79. The quantitative estimate of drug-likeness (QED) is 0.604. The van der Waals surface area contributed by atoms with Crippen molar-refractivity contribution in [3.8, 4) is 5.75 Å². The zero-order valence-corrected chi connectivity index (χ0v) is 12.6. The molecular weight excluding hydrogens is 282 g/mol. The number of Topliss-reactive ketones (excluding diaryl/α,β-unsaturated/α-hetero) is 1. The van der Waals surface area contributed by atoms with Gasteiger partial charge in [-0.15, -0.1) is 0 Å². The zero-order valence-electron chi connectivity index (χ0n) is 12.6. The minimum absolute atomic E-state index is 0.000973. The predicted molar refractivity (Wildman–Crippen MR) is 81.1 cm³/mol. The van der Waals surface area contributed by atoms with Gasteiger partial charge in [-0.2, -0.15) is 5.10 Å². The van der Waals surface area contributed by atoms with E-state index < -0.39 is 0 Å². The van der Waals surface area contributed by atoms with Crippen LogP contribution in [0.15, 0.2) is 24.5 Å². The molecule has 1 aliphatic rings. The molecule has 116 valence electrons. The number of hydrogen-bond acceptors (Lipinski definition) is 4. The molecular formula is C16H19N3O3. The van der Waals surface area contributed by atoms with Gasteiger partial charge in [0.15, 0.2) is 5.78 Å². The normalized spacial score (nSPS) is 14.8. The summed E-state index contributed by atoms with van der Waals surface area (Å²) in [7, 11) is 0. The number of carbonyl (C=O) groups is 2. The molecule has 6 heteroatoms. The van der Waals surface area contributed by atoms with Crippen molar-refractivity contribution in [2.24, 2.45) is 0 Å². The summed E-state index contributed by atoms with van der Waals surface area (Å²) < 4.78 is 7.34. The van der Waals surface area contributed by atoms with Crippen LogP contribution in [0.3, 0.4) is 0 Å². The Morgan fingerprint density at radius 1 is 1.41 bits per heavy atom. The first-order chi connectivity index (χ1) is 10.6. The molecule has 0 N–H and O–H groups in total. The van der Waals surface area contributed by atoms with Gasteiger partial charge in [0.25, 0.3) is 0 Å². The van der Waals surface area contributed by atoms with Crippen molar-refractivity contribution >= 4 is 17.2 Å². The molecule has 1 amide bonds. The van der Waals surface area contributed by atoms with E-state index in [4.69, 9.17) is 4.74 Å². The van der Waals surface area contributed by atoms with Crippen molar-refractivity contribution in [2.45, 2.75) is 26.2 Å². The Kier molecular flexibility index (Phi) is 4.09. The van der Waals surface area contributed by atoms with Gasteiger partial charge in [0.1, 0.15) is 5.75 Å². The summed E-state index contributed by atoms with van der Waals surface area (Å²) in [5, 5.41) is 4.16. The van der Waals surface area contributed by atoms with Gasteiger partial charge < -0.3 is 9.64 Å². The summed E-state index contributed by atoms with van der Waals surface area (Å²) in [6.45, 7) is 3.69. The van der Waals surface area contributed by atoms with Crippen molar-refractivity contribution in [1.29, 1.82) is 0 Å². The largest absolute Gasteiger partial charge is 0.492 e. The number of aromatic nitrogens is 2. The first-order valence-corrected chi connectivity index (χ1v) is 7.54. The lowest BCUT2D eigenvalue weighted by atomic mass is 10.2. The molecule has 3 rings (SSSR count). The van der Waals surface area contributed by atoms with Crippen LogP contribution in [0.1, 0.15) is 36.5 Å². The highest BCUT2D eigenvalue weighted by Crippen LogP contribution is 2.17. The molecule has 0 spiro atoms. The number of amides is 1. The van der Waals surface area contributed by atoms with Crippen LogP contribution in [0.25, 0.3) is 5.52 Å². The third-order valence-electron chi connectivity index (χ3n) is 3.88. The molecule has 1 saturated heterocycles. The molecule has 1 aliphatic heterocycles. The fourth-order valence-corrected chi connectivity index (χ4v) is 2.71. The lowest BCUT2D eigenvalue weighted by molar-refractivity contribution is -0.127. The Labute approximate surface area is 128 Å². The van der Waals surface area contributed by atoms with Gasteiger partial charge in [-0.25, -0.2) is 4.52 Å². The molecule has 0 bridgehead atoms. The number of fused-ring (bicyclic) bond motifs is 1. The van der Waals surface area contributed by atoms with E-state index in [0.29, 0.717) is 24.3 Å². The van der Waals surface area contributed by atoms with Gasteiger partial charge in [0.2, 0.25) is 5.91 Å². The molecule has 22 heavy (non-hydrogen) atoms. The van der Waals surface area contributed by atoms with Crippen molar-refractivity contribution in [1.82, 2.24) is 14.5 Å². The Hall–Kier alpha value is -2.37. The van der Waals surface area contributed by atoms with Gasteiger partial charge in [0, 0.05) is 19.5 Å². The van der Waals surface area contributed by atoms with E-state index in [9.17, 15) is 9.59 Å². The number of pyridine rings is 1. The molecule has 2 aromatic rings. The van der Waals surface area contributed by atoms with E-state index in [1.807, 2.05) is 17.0 Å². The number of ketones is 1. The molecule has 0 radical (unpaired) electrons. The fraction of sp³-hybridized carbons (Fsp3) is 0.438. The number of rotatable bonds is 6. The van der Waals surface area contributed by atoms with Crippen molar-refractivity contribution in [3.63, 3.8) is 0 Å². The Bertz CT molecular complexity index is 708. The number of hydrogen-bond donors (Lipinski definition) is 0. The highest BCUT2D eigenvalue weighted by atomic mass is 16.5. The van der Waals surface area contributed by atoms with Gasteiger partial charge >= 0.3 is 0 Å². The summed E-state index contributed by atoms with van der Waals surface area (Å²) in [6, 6.07) is 3.67. The topological polar surface area (TPSA) is 63.9 Å². The summed E-state index contributed by atoms with van der Waals surface area (Å²) in [5.74, 6) is 0.951. The van der Waals surface area contributed by atoms with Crippen LogP contribution in [0, 0.1) is 0 Å². The molecule has 0 atom stereocenters. The SMILES string of the molecule is CC(=O)c1cnn2cc(OCCCN3CCCC3=O)ccc12. The third kappa shape index (κ3) is 2.95. The fourth-order valence-electron chi connectivity index (χ4n) is 2.71. The number of nitrogens with zero attached hydrogens (tertiary/aromatic N) is 3. The molecule has 0 aromatic carbocycles. The van der Waals surface area contributed by atoms with Crippen molar-refractivity contribution in [3.05, 3.63) is 30.1 Å². The Morgan fingerprint density at radius 3 is 3.00 bits per heavy atom. The molecule has 6 nitrogen and oxygen atoms in total. The average molecular weight is 301 g/mol. The lowest BCUT2D eigenvalue weighted by Crippen LogP contribution is -2.26. The maximum Gasteiger partial charge on any atom is 0.222 e. The minimum Gasteiger partial charge on any atom is -0.492 e. The second kappa shape index (κ2) is 6.17. The highest BCUT2D eigenvalue weighted by molar-refractivity contribution is 6.00. The van der Waals surface area contributed by atoms with E-state index in [0.717, 1.165) is 31.4 Å². The zero-order chi connectivity index (χ0) is 15.5. The third-order valence-corrected chi connectivity index (χ3v) is 3.88. The van der Waals surface area contributed by atoms with Crippen LogP contribution in [0.5, 0.6) is 5.75 Å². The molecule has 2 aromatic heterocycles. The van der Waals surface area contributed by atoms with Crippen LogP contribution >= 0.6 is 0 Å². The van der Waals surface area contributed by atoms with E-state index in [1.54, 1.807) is 16.9 Å². The number of likely N-dealkylation sites (tertiary alicyclic amines) is 1. The second-order valence-electron chi connectivity index (χ2n) is 5.50. The summed E-state index contributed by atoms with van der Waals surface area (Å²) in [5.41, 5.74) is 1.39. The first-order valence-electron chi connectivity index (χ1n) is 7.54. The van der Waals surface area contributed by atoms with Crippen LogP contribution in [0.4, 0.5) is 0 Å². The Morgan fingerprint density at radius 2 is 2.27 bits per heavy atom. The summed E-state index contributed by atoms with van der Waals surface area (Å²) >= 11 is 0. The van der Waals surface area contributed by atoms with Crippen LogP contribution < -0.4 is 4.74 Å². The monoisotopic (exact) mass is 301 g/mol. The minimum atomic E-state index is -0.000973. The molecule has 3 heterocycles. The van der Waals surface area contributed by atoms with Gasteiger partial charge in [-0.3, -0.25) is 9.59 Å². The molecule has 1 fully saturated rings. The average Bonchev–Trinajstić information content (AvgIpc) is 3.09. The smallest absolute Gasteiger partial charge is 0.222 e. The second-order valence-corrected chi connectivity index (χ2v) is 5.50. The van der Waals surface area contributed by atoms with E-state index in [2.05, 4.69) is 5.10 Å². The van der Waals surface area contributed by atoms with E-state index in [1.165, 1.54) is 6.92 Å². The molecule has 0 unspecified atom stereocenters. The van der Waals surface area contributed by atoms with Gasteiger partial charge in [0.05, 0.1) is 30.1 Å².